The number of aromatic nitrogens is 2. The Bertz CT molecular complexity index is 366. The van der Waals surface area contributed by atoms with E-state index in [0.717, 1.165) is 37.4 Å². The molecule has 0 amide bonds. The highest BCUT2D eigenvalue weighted by atomic mass is 16.5. The maximum absolute atomic E-state index is 5.45. The van der Waals surface area contributed by atoms with Crippen LogP contribution in [0.15, 0.2) is 6.20 Å². The van der Waals surface area contributed by atoms with Crippen LogP contribution in [0, 0.1) is 0 Å². The fourth-order valence-corrected chi connectivity index (χ4v) is 2.24. The zero-order valence-corrected chi connectivity index (χ0v) is 12.8. The second kappa shape index (κ2) is 8.17. The normalized spacial score (nSPS) is 14.4. The third-order valence-electron chi connectivity index (χ3n) is 3.25. The topological polar surface area (TPSA) is 48.3 Å². The number of methoxy groups -OCH3 is 2. The van der Waals surface area contributed by atoms with Crippen LogP contribution in [0.2, 0.25) is 0 Å². The molecule has 0 aliphatic rings. The number of ether oxygens (including phenoxy) is 2. The van der Waals surface area contributed by atoms with E-state index in [4.69, 9.17) is 9.47 Å². The highest BCUT2D eigenvalue weighted by Gasteiger charge is 2.23. The van der Waals surface area contributed by atoms with Crippen LogP contribution < -0.4 is 10.1 Å². The molecule has 0 aliphatic heterocycles. The van der Waals surface area contributed by atoms with E-state index in [9.17, 15) is 0 Å². The molecule has 2 atom stereocenters. The van der Waals surface area contributed by atoms with Crippen molar-refractivity contribution in [2.24, 2.45) is 0 Å². The lowest BCUT2D eigenvalue weighted by atomic mass is 10.1. The van der Waals surface area contributed by atoms with Gasteiger partial charge in [-0.2, -0.15) is 5.10 Å². The van der Waals surface area contributed by atoms with Gasteiger partial charge in [0.15, 0.2) is 5.75 Å². The maximum atomic E-state index is 5.45. The van der Waals surface area contributed by atoms with E-state index in [1.165, 1.54) is 0 Å². The van der Waals surface area contributed by atoms with E-state index in [1.807, 2.05) is 4.68 Å². The predicted molar refractivity (Wildman–Crippen MR) is 76.6 cm³/mol. The molecule has 110 valence electrons. The van der Waals surface area contributed by atoms with Crippen molar-refractivity contribution in [2.45, 2.75) is 52.3 Å². The van der Waals surface area contributed by atoms with Crippen LogP contribution in [0.1, 0.15) is 45.3 Å². The molecule has 0 aliphatic carbocycles. The third-order valence-corrected chi connectivity index (χ3v) is 3.25. The molecule has 0 fully saturated rings. The van der Waals surface area contributed by atoms with Gasteiger partial charge in [0.1, 0.15) is 0 Å². The Balaban J connectivity index is 3.00. The molecule has 1 aromatic heterocycles. The van der Waals surface area contributed by atoms with Gasteiger partial charge in [-0.3, -0.25) is 4.68 Å². The third kappa shape index (κ3) is 4.21. The summed E-state index contributed by atoms with van der Waals surface area (Å²) in [5, 5.41) is 7.93. The van der Waals surface area contributed by atoms with Gasteiger partial charge in [-0.05, 0) is 26.3 Å². The summed E-state index contributed by atoms with van der Waals surface area (Å²) in [5.74, 6) is 0.850. The highest BCUT2D eigenvalue weighted by Crippen LogP contribution is 2.28. The summed E-state index contributed by atoms with van der Waals surface area (Å²) in [6.07, 6.45) is 3.94. The molecule has 1 heterocycles. The Kier molecular flexibility index (Phi) is 6.87. The minimum Gasteiger partial charge on any atom is -0.493 e. The number of hydrogen-bond donors (Lipinski definition) is 1. The molecule has 2 unspecified atom stereocenters. The number of nitrogens with zero attached hydrogens (tertiary/aromatic N) is 2. The molecule has 0 bridgehead atoms. The minimum atomic E-state index is 0.193. The molecule has 1 aromatic rings. The van der Waals surface area contributed by atoms with Crippen molar-refractivity contribution in [1.29, 1.82) is 0 Å². The van der Waals surface area contributed by atoms with E-state index in [0.29, 0.717) is 0 Å². The molecule has 0 spiro atoms. The van der Waals surface area contributed by atoms with Crippen molar-refractivity contribution in [2.75, 3.05) is 20.8 Å². The van der Waals surface area contributed by atoms with Gasteiger partial charge in [-0.15, -0.1) is 0 Å². The Labute approximate surface area is 116 Å². The van der Waals surface area contributed by atoms with Crippen LogP contribution >= 0.6 is 0 Å². The molecule has 0 aromatic carbocycles. The van der Waals surface area contributed by atoms with Crippen LogP contribution in [0.25, 0.3) is 0 Å². The smallest absolute Gasteiger partial charge is 0.161 e. The predicted octanol–water partition coefficient (Wildman–Crippen LogP) is 2.38. The molecule has 1 rings (SSSR count). The van der Waals surface area contributed by atoms with E-state index in [2.05, 4.69) is 31.2 Å². The Morgan fingerprint density at radius 2 is 2.11 bits per heavy atom. The molecule has 5 nitrogen and oxygen atoms in total. The number of hydrogen-bond acceptors (Lipinski definition) is 4. The van der Waals surface area contributed by atoms with E-state index in [1.54, 1.807) is 20.4 Å². The molecule has 0 radical (unpaired) electrons. The zero-order chi connectivity index (χ0) is 14.3. The van der Waals surface area contributed by atoms with Crippen LogP contribution in [-0.4, -0.2) is 36.6 Å². The average molecular weight is 269 g/mol. The van der Waals surface area contributed by atoms with E-state index >= 15 is 0 Å². The standard InChI is InChI=1S/C14H27N3O2/c1-6-8-17-14(13(19-5)10-16-17)12(15-7-2)9-11(3)18-4/h10-12,15H,6-9H2,1-5H3. The molecule has 19 heavy (non-hydrogen) atoms. The van der Waals surface area contributed by atoms with Crippen molar-refractivity contribution in [1.82, 2.24) is 15.1 Å². The summed E-state index contributed by atoms with van der Waals surface area (Å²) in [6.45, 7) is 8.15. The Morgan fingerprint density at radius 1 is 1.37 bits per heavy atom. The summed E-state index contributed by atoms with van der Waals surface area (Å²) in [7, 11) is 3.44. The van der Waals surface area contributed by atoms with Crippen LogP contribution in [-0.2, 0) is 11.3 Å². The van der Waals surface area contributed by atoms with Gasteiger partial charge in [-0.1, -0.05) is 13.8 Å². The van der Waals surface area contributed by atoms with Gasteiger partial charge in [0.05, 0.1) is 31.1 Å². The number of rotatable bonds is 9. The Hall–Kier alpha value is -1.07. The van der Waals surface area contributed by atoms with Crippen molar-refractivity contribution < 1.29 is 9.47 Å². The number of nitrogens with one attached hydrogen (secondary N) is 1. The zero-order valence-electron chi connectivity index (χ0n) is 12.8. The monoisotopic (exact) mass is 269 g/mol. The summed E-state index contributed by atoms with van der Waals surface area (Å²) < 4.78 is 12.9. The quantitative estimate of drug-likeness (QED) is 0.747. The Morgan fingerprint density at radius 3 is 2.63 bits per heavy atom. The molecule has 0 saturated heterocycles. The lowest BCUT2D eigenvalue weighted by Crippen LogP contribution is -2.28. The average Bonchev–Trinajstić information content (AvgIpc) is 2.81. The van der Waals surface area contributed by atoms with Gasteiger partial charge in [0.2, 0.25) is 0 Å². The van der Waals surface area contributed by atoms with Gasteiger partial charge in [0, 0.05) is 13.7 Å². The second-order valence-electron chi connectivity index (χ2n) is 4.71. The van der Waals surface area contributed by atoms with Gasteiger partial charge < -0.3 is 14.8 Å². The second-order valence-corrected chi connectivity index (χ2v) is 4.71. The van der Waals surface area contributed by atoms with Gasteiger partial charge in [-0.25, -0.2) is 0 Å². The van der Waals surface area contributed by atoms with Crippen LogP contribution in [0.4, 0.5) is 0 Å². The summed E-state index contributed by atoms with van der Waals surface area (Å²) >= 11 is 0. The van der Waals surface area contributed by atoms with Crippen molar-refractivity contribution >= 4 is 0 Å². The van der Waals surface area contributed by atoms with Gasteiger partial charge >= 0.3 is 0 Å². The van der Waals surface area contributed by atoms with Crippen molar-refractivity contribution in [3.05, 3.63) is 11.9 Å². The first-order valence-corrected chi connectivity index (χ1v) is 7.03. The van der Waals surface area contributed by atoms with E-state index in [-0.39, 0.29) is 12.1 Å². The summed E-state index contributed by atoms with van der Waals surface area (Å²) in [4.78, 5) is 0. The van der Waals surface area contributed by atoms with Crippen LogP contribution in [0.3, 0.4) is 0 Å². The highest BCUT2D eigenvalue weighted by molar-refractivity contribution is 5.28. The molecule has 0 saturated carbocycles. The lowest BCUT2D eigenvalue weighted by molar-refractivity contribution is 0.0991. The van der Waals surface area contributed by atoms with Crippen molar-refractivity contribution in [3.63, 3.8) is 0 Å². The first-order chi connectivity index (χ1) is 9.17. The number of aryl methyl sites for hydroxylation is 1. The summed E-state index contributed by atoms with van der Waals surface area (Å²) in [6, 6.07) is 0.198. The fraction of sp³-hybridized carbons (Fsp3) is 0.786. The van der Waals surface area contributed by atoms with Crippen LogP contribution in [0.5, 0.6) is 5.75 Å². The SMILES string of the molecule is CCCn1ncc(OC)c1C(CC(C)OC)NCC. The summed E-state index contributed by atoms with van der Waals surface area (Å²) in [5.41, 5.74) is 1.12. The largest absolute Gasteiger partial charge is 0.493 e. The van der Waals surface area contributed by atoms with Gasteiger partial charge in [0.25, 0.3) is 0 Å². The fourth-order valence-electron chi connectivity index (χ4n) is 2.24. The first kappa shape index (κ1) is 16.0. The maximum Gasteiger partial charge on any atom is 0.161 e. The molecular weight excluding hydrogens is 242 g/mol. The lowest BCUT2D eigenvalue weighted by Gasteiger charge is -2.23. The first-order valence-electron chi connectivity index (χ1n) is 7.03. The van der Waals surface area contributed by atoms with Crippen molar-refractivity contribution in [3.8, 4) is 5.75 Å². The molecule has 1 N–H and O–H groups in total. The molecule has 5 heteroatoms. The minimum absolute atomic E-state index is 0.193. The van der Waals surface area contributed by atoms with E-state index < -0.39 is 0 Å². The molecular formula is C14H27N3O2.